The summed E-state index contributed by atoms with van der Waals surface area (Å²) in [6.45, 7) is 1.64. The van der Waals surface area contributed by atoms with Gasteiger partial charge in [0.25, 0.3) is 0 Å². The van der Waals surface area contributed by atoms with Crippen molar-refractivity contribution >= 4 is 35.1 Å². The minimum atomic E-state index is -0.513. The molecule has 0 radical (unpaired) electrons. The zero-order valence-electron chi connectivity index (χ0n) is 12.9. The van der Waals surface area contributed by atoms with E-state index in [0.29, 0.717) is 15.6 Å². The van der Waals surface area contributed by atoms with Gasteiger partial charge in [0, 0.05) is 16.0 Å². The van der Waals surface area contributed by atoms with Gasteiger partial charge in [0.05, 0.1) is 19.6 Å². The lowest BCUT2D eigenvalue weighted by Crippen LogP contribution is -2.40. The number of hydrogen-bond donors (Lipinski definition) is 2. The number of rotatable bonds is 5. The van der Waals surface area contributed by atoms with Crippen molar-refractivity contribution in [3.05, 3.63) is 33.8 Å². The molecule has 2 rings (SSSR count). The van der Waals surface area contributed by atoms with Crippen LogP contribution >= 0.6 is 23.2 Å². The Kier molecular flexibility index (Phi) is 6.69. The monoisotopic (exact) mass is 358 g/mol. The van der Waals surface area contributed by atoms with Gasteiger partial charge in [0.1, 0.15) is 0 Å². The number of carbonyl (C=O) groups excluding carboxylic acids is 2. The van der Waals surface area contributed by atoms with Crippen LogP contribution in [0.2, 0.25) is 10.0 Å². The molecule has 23 heavy (non-hydrogen) atoms. The lowest BCUT2D eigenvalue weighted by Gasteiger charge is -2.25. The molecule has 5 nitrogen and oxygen atoms in total. The van der Waals surface area contributed by atoms with Gasteiger partial charge in [-0.05, 0) is 49.7 Å². The van der Waals surface area contributed by atoms with E-state index in [1.807, 2.05) is 0 Å². The molecule has 0 unspecified atom stereocenters. The molecular formula is C16H20Cl2N2O3. The van der Waals surface area contributed by atoms with Crippen LogP contribution in [0.4, 0.5) is 0 Å². The van der Waals surface area contributed by atoms with Crippen molar-refractivity contribution in [1.29, 1.82) is 0 Å². The summed E-state index contributed by atoms with van der Waals surface area (Å²) in [5.41, 5.74) is 0.690. The summed E-state index contributed by atoms with van der Waals surface area (Å²) in [6, 6.07) is 4.49. The number of halogens is 2. The molecule has 2 N–H and O–H groups in total. The summed E-state index contributed by atoms with van der Waals surface area (Å²) in [5, 5.41) is 7.07. The van der Waals surface area contributed by atoms with Crippen molar-refractivity contribution in [3.63, 3.8) is 0 Å². The van der Waals surface area contributed by atoms with Gasteiger partial charge < -0.3 is 15.4 Å². The number of benzene rings is 1. The SMILES string of the molecule is COC(=O)C[C@H](NC(=O)C1CCNCC1)c1cc(Cl)cc(Cl)c1. The van der Waals surface area contributed by atoms with E-state index in [0.717, 1.165) is 25.9 Å². The highest BCUT2D eigenvalue weighted by atomic mass is 35.5. The molecular weight excluding hydrogens is 339 g/mol. The Morgan fingerprint density at radius 1 is 1.26 bits per heavy atom. The van der Waals surface area contributed by atoms with Crippen LogP contribution in [0.3, 0.4) is 0 Å². The minimum Gasteiger partial charge on any atom is -0.469 e. The highest BCUT2D eigenvalue weighted by Gasteiger charge is 2.25. The van der Waals surface area contributed by atoms with Crippen LogP contribution in [-0.2, 0) is 14.3 Å². The van der Waals surface area contributed by atoms with Gasteiger partial charge >= 0.3 is 5.97 Å². The maximum Gasteiger partial charge on any atom is 0.307 e. The first kappa shape index (κ1) is 18.0. The summed E-state index contributed by atoms with van der Waals surface area (Å²) in [6.07, 6.45) is 1.60. The third kappa shape index (κ3) is 5.37. The van der Waals surface area contributed by atoms with Gasteiger partial charge in [-0.15, -0.1) is 0 Å². The van der Waals surface area contributed by atoms with Crippen molar-refractivity contribution in [2.24, 2.45) is 5.92 Å². The molecule has 1 heterocycles. The summed E-state index contributed by atoms with van der Waals surface area (Å²) < 4.78 is 4.72. The first-order chi connectivity index (χ1) is 11.0. The predicted molar refractivity (Wildman–Crippen MR) is 89.6 cm³/mol. The Balaban J connectivity index is 2.15. The zero-order chi connectivity index (χ0) is 16.8. The summed E-state index contributed by atoms with van der Waals surface area (Å²) in [5.74, 6) is -0.515. The number of nitrogens with one attached hydrogen (secondary N) is 2. The second kappa shape index (κ2) is 8.52. The largest absolute Gasteiger partial charge is 0.469 e. The maximum absolute atomic E-state index is 12.5. The van der Waals surface area contributed by atoms with Crippen molar-refractivity contribution in [2.45, 2.75) is 25.3 Å². The lowest BCUT2D eigenvalue weighted by atomic mass is 9.95. The number of amides is 1. The normalized spacial score (nSPS) is 16.7. The second-order valence-corrected chi connectivity index (χ2v) is 6.44. The molecule has 7 heteroatoms. The number of methoxy groups -OCH3 is 1. The molecule has 1 aliphatic rings. The Morgan fingerprint density at radius 2 is 1.87 bits per heavy atom. The first-order valence-electron chi connectivity index (χ1n) is 7.53. The smallest absolute Gasteiger partial charge is 0.307 e. The Bertz CT molecular complexity index is 554. The van der Waals surface area contributed by atoms with Crippen LogP contribution in [0.25, 0.3) is 0 Å². The van der Waals surface area contributed by atoms with Gasteiger partial charge in [-0.25, -0.2) is 0 Å². The van der Waals surface area contributed by atoms with Crippen LogP contribution in [0.15, 0.2) is 18.2 Å². The van der Waals surface area contributed by atoms with E-state index in [1.54, 1.807) is 18.2 Å². The molecule has 1 amide bonds. The number of hydrogen-bond acceptors (Lipinski definition) is 4. The van der Waals surface area contributed by atoms with Crippen molar-refractivity contribution in [2.75, 3.05) is 20.2 Å². The average Bonchev–Trinajstić information content (AvgIpc) is 2.53. The first-order valence-corrected chi connectivity index (χ1v) is 8.29. The average molecular weight is 359 g/mol. The Morgan fingerprint density at radius 3 is 2.43 bits per heavy atom. The molecule has 1 atom stereocenters. The molecule has 0 bridgehead atoms. The van der Waals surface area contributed by atoms with E-state index in [1.165, 1.54) is 7.11 Å². The molecule has 1 aromatic rings. The number of carbonyl (C=O) groups is 2. The molecule has 1 aliphatic heterocycles. The fraction of sp³-hybridized carbons (Fsp3) is 0.500. The fourth-order valence-corrected chi connectivity index (χ4v) is 3.20. The van der Waals surface area contributed by atoms with Crippen LogP contribution in [0.1, 0.15) is 30.9 Å². The fourth-order valence-electron chi connectivity index (χ4n) is 2.65. The van der Waals surface area contributed by atoms with Crippen molar-refractivity contribution in [3.8, 4) is 0 Å². The molecule has 0 aliphatic carbocycles. The number of piperidine rings is 1. The van der Waals surface area contributed by atoms with Crippen LogP contribution < -0.4 is 10.6 Å². The second-order valence-electron chi connectivity index (χ2n) is 5.57. The van der Waals surface area contributed by atoms with Gasteiger partial charge in [-0.3, -0.25) is 9.59 Å². The molecule has 0 saturated carbocycles. The third-order valence-electron chi connectivity index (χ3n) is 3.91. The van der Waals surface area contributed by atoms with Gasteiger partial charge in [0.2, 0.25) is 5.91 Å². The van der Waals surface area contributed by atoms with Crippen LogP contribution in [0.5, 0.6) is 0 Å². The van der Waals surface area contributed by atoms with Gasteiger partial charge in [0.15, 0.2) is 0 Å². The Hall–Kier alpha value is -1.30. The van der Waals surface area contributed by atoms with E-state index in [-0.39, 0.29) is 18.2 Å². The van der Waals surface area contributed by atoms with E-state index >= 15 is 0 Å². The maximum atomic E-state index is 12.5. The predicted octanol–water partition coefficient (Wildman–Crippen LogP) is 2.71. The van der Waals surface area contributed by atoms with E-state index in [9.17, 15) is 9.59 Å². The Labute approximate surface area is 145 Å². The molecule has 1 aromatic carbocycles. The summed E-state index contributed by atoms with van der Waals surface area (Å²) >= 11 is 12.1. The minimum absolute atomic E-state index is 0.0316. The zero-order valence-corrected chi connectivity index (χ0v) is 14.4. The molecule has 1 saturated heterocycles. The van der Waals surface area contributed by atoms with E-state index in [2.05, 4.69) is 10.6 Å². The quantitative estimate of drug-likeness (QED) is 0.794. The van der Waals surface area contributed by atoms with Crippen molar-refractivity contribution < 1.29 is 14.3 Å². The topological polar surface area (TPSA) is 67.4 Å². The van der Waals surface area contributed by atoms with Gasteiger partial charge in [-0.2, -0.15) is 0 Å². The number of esters is 1. The lowest BCUT2D eigenvalue weighted by molar-refractivity contribution is -0.141. The molecule has 1 fully saturated rings. The standard InChI is InChI=1S/C16H20Cl2N2O3/c1-23-15(21)9-14(11-6-12(17)8-13(18)7-11)20-16(22)10-2-4-19-5-3-10/h6-8,10,14,19H,2-5,9H2,1H3,(H,20,22)/t14-/m0/s1. The highest BCUT2D eigenvalue weighted by molar-refractivity contribution is 6.34. The van der Waals surface area contributed by atoms with Crippen LogP contribution in [0, 0.1) is 5.92 Å². The van der Waals surface area contributed by atoms with E-state index < -0.39 is 12.0 Å². The van der Waals surface area contributed by atoms with Crippen LogP contribution in [-0.4, -0.2) is 32.1 Å². The summed E-state index contributed by atoms with van der Waals surface area (Å²) in [4.78, 5) is 24.1. The highest BCUT2D eigenvalue weighted by Crippen LogP contribution is 2.26. The van der Waals surface area contributed by atoms with Gasteiger partial charge in [-0.1, -0.05) is 23.2 Å². The molecule has 0 spiro atoms. The molecule has 126 valence electrons. The third-order valence-corrected chi connectivity index (χ3v) is 4.35. The van der Waals surface area contributed by atoms with E-state index in [4.69, 9.17) is 27.9 Å². The van der Waals surface area contributed by atoms with Crippen molar-refractivity contribution in [1.82, 2.24) is 10.6 Å². The number of ether oxygens (including phenoxy) is 1. The molecule has 0 aromatic heterocycles. The summed E-state index contributed by atoms with van der Waals surface area (Å²) in [7, 11) is 1.32.